The summed E-state index contributed by atoms with van der Waals surface area (Å²) in [5.41, 5.74) is 10.3. The molecule has 1 unspecified atom stereocenters. The number of primary amides is 1. The van der Waals surface area contributed by atoms with Gasteiger partial charge in [-0.3, -0.25) is 9.59 Å². The molecule has 0 aromatic carbocycles. The number of hydrogen-bond acceptors (Lipinski definition) is 3. The van der Waals surface area contributed by atoms with Gasteiger partial charge in [0.1, 0.15) is 0 Å². The maximum Gasteiger partial charge on any atom is 0.237 e. The SMILES string of the molecule is CC(CN)CC(=O)N(C)CC(N)=O. The van der Waals surface area contributed by atoms with Gasteiger partial charge in [-0.05, 0) is 12.5 Å². The summed E-state index contributed by atoms with van der Waals surface area (Å²) >= 11 is 0. The van der Waals surface area contributed by atoms with E-state index < -0.39 is 5.91 Å². The van der Waals surface area contributed by atoms with Crippen LogP contribution in [-0.4, -0.2) is 36.9 Å². The number of carbonyl (C=O) groups excluding carboxylic acids is 2. The van der Waals surface area contributed by atoms with Gasteiger partial charge in [0.25, 0.3) is 0 Å². The van der Waals surface area contributed by atoms with E-state index in [4.69, 9.17) is 11.5 Å². The first-order valence-corrected chi connectivity index (χ1v) is 4.19. The molecule has 0 spiro atoms. The van der Waals surface area contributed by atoms with Crippen molar-refractivity contribution in [3.63, 3.8) is 0 Å². The van der Waals surface area contributed by atoms with Gasteiger partial charge in [-0.25, -0.2) is 0 Å². The molecule has 0 radical (unpaired) electrons. The average Bonchev–Trinajstić information content (AvgIpc) is 2.02. The summed E-state index contributed by atoms with van der Waals surface area (Å²) in [6, 6.07) is 0. The van der Waals surface area contributed by atoms with Crippen LogP contribution in [-0.2, 0) is 9.59 Å². The van der Waals surface area contributed by atoms with E-state index in [0.717, 1.165) is 0 Å². The predicted octanol–water partition coefficient (Wildman–Crippen LogP) is -1.08. The van der Waals surface area contributed by atoms with Gasteiger partial charge in [-0.1, -0.05) is 6.92 Å². The van der Waals surface area contributed by atoms with Crippen molar-refractivity contribution < 1.29 is 9.59 Å². The Balaban J connectivity index is 3.89. The summed E-state index contributed by atoms with van der Waals surface area (Å²) in [5.74, 6) is -0.462. The van der Waals surface area contributed by atoms with Crippen molar-refractivity contribution in [2.45, 2.75) is 13.3 Å². The second-order valence-corrected chi connectivity index (χ2v) is 3.26. The van der Waals surface area contributed by atoms with Gasteiger partial charge in [0, 0.05) is 13.5 Å². The van der Waals surface area contributed by atoms with E-state index >= 15 is 0 Å². The van der Waals surface area contributed by atoms with Crippen LogP contribution in [0.3, 0.4) is 0 Å². The lowest BCUT2D eigenvalue weighted by Crippen LogP contribution is -2.36. The number of likely N-dealkylation sites (N-methyl/N-ethyl adjacent to an activating group) is 1. The van der Waals surface area contributed by atoms with Crippen molar-refractivity contribution in [3.8, 4) is 0 Å². The first-order valence-electron chi connectivity index (χ1n) is 4.19. The molecule has 0 aromatic heterocycles. The van der Waals surface area contributed by atoms with Gasteiger partial charge >= 0.3 is 0 Å². The normalized spacial score (nSPS) is 12.2. The topological polar surface area (TPSA) is 89.4 Å². The number of amides is 2. The van der Waals surface area contributed by atoms with Gasteiger partial charge in [0.05, 0.1) is 6.54 Å². The fourth-order valence-corrected chi connectivity index (χ4v) is 0.859. The van der Waals surface area contributed by atoms with Gasteiger partial charge in [-0.15, -0.1) is 0 Å². The number of rotatable bonds is 5. The molecule has 0 aliphatic rings. The average molecular weight is 187 g/mol. The molecule has 0 bridgehead atoms. The van der Waals surface area contributed by atoms with Crippen molar-refractivity contribution in [3.05, 3.63) is 0 Å². The lowest BCUT2D eigenvalue weighted by Gasteiger charge is -2.16. The van der Waals surface area contributed by atoms with Crippen molar-refractivity contribution in [2.24, 2.45) is 17.4 Å². The Morgan fingerprint density at radius 3 is 2.38 bits per heavy atom. The van der Waals surface area contributed by atoms with Gasteiger partial charge in [0.15, 0.2) is 0 Å². The Kier molecular flexibility index (Phi) is 5.06. The highest BCUT2D eigenvalue weighted by Crippen LogP contribution is 2.01. The van der Waals surface area contributed by atoms with Crippen LogP contribution < -0.4 is 11.5 Å². The monoisotopic (exact) mass is 187 g/mol. The highest BCUT2D eigenvalue weighted by atomic mass is 16.2. The minimum absolute atomic E-state index is 0.0316. The number of nitrogens with zero attached hydrogens (tertiary/aromatic N) is 1. The van der Waals surface area contributed by atoms with E-state index in [1.165, 1.54) is 4.90 Å². The highest BCUT2D eigenvalue weighted by molar-refractivity contribution is 5.83. The Hall–Kier alpha value is -1.10. The third kappa shape index (κ3) is 5.19. The molecule has 5 heteroatoms. The van der Waals surface area contributed by atoms with E-state index in [0.29, 0.717) is 13.0 Å². The summed E-state index contributed by atoms with van der Waals surface area (Å²) in [6.45, 7) is 2.32. The Labute approximate surface area is 78.1 Å². The van der Waals surface area contributed by atoms with Crippen LogP contribution in [0.1, 0.15) is 13.3 Å². The predicted molar refractivity (Wildman–Crippen MR) is 49.7 cm³/mol. The van der Waals surface area contributed by atoms with Crippen molar-refractivity contribution >= 4 is 11.8 Å². The lowest BCUT2D eigenvalue weighted by molar-refractivity contribution is -0.134. The summed E-state index contributed by atoms with van der Waals surface area (Å²) in [5, 5.41) is 0. The Morgan fingerprint density at radius 1 is 1.46 bits per heavy atom. The molecule has 5 nitrogen and oxygen atoms in total. The van der Waals surface area contributed by atoms with Gasteiger partial charge in [-0.2, -0.15) is 0 Å². The van der Waals surface area contributed by atoms with Crippen LogP contribution in [0.5, 0.6) is 0 Å². The van der Waals surface area contributed by atoms with Gasteiger partial charge in [0.2, 0.25) is 11.8 Å². The van der Waals surface area contributed by atoms with E-state index in [9.17, 15) is 9.59 Å². The Morgan fingerprint density at radius 2 is 2.00 bits per heavy atom. The zero-order valence-corrected chi connectivity index (χ0v) is 8.12. The third-order valence-electron chi connectivity index (χ3n) is 1.74. The van der Waals surface area contributed by atoms with Crippen molar-refractivity contribution in [2.75, 3.05) is 20.1 Å². The third-order valence-corrected chi connectivity index (χ3v) is 1.74. The molecule has 0 aromatic rings. The molecule has 1 atom stereocenters. The lowest BCUT2D eigenvalue weighted by atomic mass is 10.1. The molecule has 0 saturated heterocycles. The molecule has 76 valence electrons. The van der Waals surface area contributed by atoms with Crippen LogP contribution in [0, 0.1) is 5.92 Å². The fraction of sp³-hybridized carbons (Fsp3) is 0.750. The van der Waals surface area contributed by atoms with Crippen LogP contribution in [0.2, 0.25) is 0 Å². The second-order valence-electron chi connectivity index (χ2n) is 3.26. The minimum atomic E-state index is -0.503. The summed E-state index contributed by atoms with van der Waals surface area (Å²) in [6.07, 6.45) is 0.361. The smallest absolute Gasteiger partial charge is 0.237 e. The van der Waals surface area contributed by atoms with Crippen LogP contribution >= 0.6 is 0 Å². The number of nitrogens with two attached hydrogens (primary N) is 2. The minimum Gasteiger partial charge on any atom is -0.368 e. The van der Waals surface area contributed by atoms with Crippen molar-refractivity contribution in [1.82, 2.24) is 4.90 Å². The first kappa shape index (κ1) is 11.9. The molecule has 4 N–H and O–H groups in total. The summed E-state index contributed by atoms with van der Waals surface area (Å²) in [4.78, 5) is 23.1. The van der Waals surface area contributed by atoms with E-state index in [-0.39, 0.29) is 18.4 Å². The van der Waals surface area contributed by atoms with E-state index in [1.807, 2.05) is 6.92 Å². The van der Waals surface area contributed by atoms with E-state index in [2.05, 4.69) is 0 Å². The molecule has 0 saturated carbocycles. The largest absolute Gasteiger partial charge is 0.368 e. The van der Waals surface area contributed by atoms with Gasteiger partial charge < -0.3 is 16.4 Å². The highest BCUT2D eigenvalue weighted by Gasteiger charge is 2.13. The molecule has 13 heavy (non-hydrogen) atoms. The Bertz CT molecular complexity index is 194. The standard InChI is InChI=1S/C8H17N3O2/c1-6(4-9)3-8(13)11(2)5-7(10)12/h6H,3-5,9H2,1-2H3,(H2,10,12). The zero-order valence-electron chi connectivity index (χ0n) is 8.12. The number of carbonyl (C=O) groups is 2. The summed E-state index contributed by atoms with van der Waals surface area (Å²) in [7, 11) is 1.55. The zero-order chi connectivity index (χ0) is 10.4. The number of hydrogen-bond donors (Lipinski definition) is 2. The molecule has 2 amide bonds. The molecule has 0 rings (SSSR count). The molecule has 0 heterocycles. The van der Waals surface area contributed by atoms with Crippen LogP contribution in [0.25, 0.3) is 0 Å². The molecule has 0 aliphatic carbocycles. The molecular weight excluding hydrogens is 170 g/mol. The quantitative estimate of drug-likeness (QED) is 0.573. The molecule has 0 fully saturated rings. The second kappa shape index (κ2) is 5.53. The molecule has 0 aliphatic heterocycles. The van der Waals surface area contributed by atoms with E-state index in [1.54, 1.807) is 7.05 Å². The maximum absolute atomic E-state index is 11.3. The van der Waals surface area contributed by atoms with Crippen LogP contribution in [0.15, 0.2) is 0 Å². The van der Waals surface area contributed by atoms with Crippen molar-refractivity contribution in [1.29, 1.82) is 0 Å². The van der Waals surface area contributed by atoms with Crippen LogP contribution in [0.4, 0.5) is 0 Å². The first-order chi connectivity index (χ1) is 5.97. The fourth-order valence-electron chi connectivity index (χ4n) is 0.859. The summed E-state index contributed by atoms with van der Waals surface area (Å²) < 4.78 is 0. The maximum atomic E-state index is 11.3. The molecular formula is C8H17N3O2.